The highest BCUT2D eigenvalue weighted by Gasteiger charge is 2.35. The molecule has 0 unspecified atom stereocenters. The summed E-state index contributed by atoms with van der Waals surface area (Å²) in [5.74, 6) is 0.473. The minimum atomic E-state index is -0.303. The predicted molar refractivity (Wildman–Crippen MR) is 282 cm³/mol. The van der Waals surface area contributed by atoms with Crippen molar-refractivity contribution >= 4 is 24.8 Å². The fourth-order valence-electron chi connectivity index (χ4n) is 8.44. The SMILES string of the molecule is C=C(CC)O[C@H](CC)C[C@H](OC)[C@@H](C)CC[C@@H](OC(=O)C(C)C)[C@H](C)[C@H](OC)[C@H](C)/C=C/N(C)C=O.CCCO[C@H](C)C[C@H](OC)[C@@H](C)CC[C@@H](OC(=O)C(C)C)[C@H](C)[C@H](OC)[C@H](C)/C=C/N(C)C=O. The number of carbonyl (C=O) groups is 4. The molecule has 0 aromatic heterocycles. The van der Waals surface area contributed by atoms with E-state index in [1.54, 1.807) is 54.9 Å². The maximum atomic E-state index is 12.6. The minimum Gasteiger partial charge on any atom is -0.495 e. The van der Waals surface area contributed by atoms with E-state index >= 15 is 0 Å². The molecule has 0 aromatic carbocycles. The number of ether oxygens (including phenoxy) is 8. The minimum absolute atomic E-state index is 0.0194. The first-order valence-electron chi connectivity index (χ1n) is 26.2. The van der Waals surface area contributed by atoms with E-state index in [0.29, 0.717) is 6.42 Å². The normalized spacial score (nSPS) is 17.9. The van der Waals surface area contributed by atoms with Gasteiger partial charge >= 0.3 is 11.9 Å². The Hall–Kier alpha value is -3.30. The lowest BCUT2D eigenvalue weighted by Gasteiger charge is -2.34. The van der Waals surface area contributed by atoms with E-state index in [9.17, 15) is 19.2 Å². The molecule has 0 saturated carbocycles. The molecule has 0 radical (unpaired) electrons. The van der Waals surface area contributed by atoms with E-state index in [4.69, 9.17) is 37.9 Å². The summed E-state index contributed by atoms with van der Waals surface area (Å²) in [6.07, 6.45) is 15.6. The second-order valence-corrected chi connectivity index (χ2v) is 20.2. The van der Waals surface area contributed by atoms with Crippen molar-refractivity contribution in [1.82, 2.24) is 9.80 Å². The largest absolute Gasteiger partial charge is 0.495 e. The van der Waals surface area contributed by atoms with Gasteiger partial charge in [0.15, 0.2) is 0 Å². The fraction of sp³-hybridized carbons (Fsp3) is 0.821. The molecule has 0 rings (SSSR count). The van der Waals surface area contributed by atoms with Crippen molar-refractivity contribution in [3.63, 3.8) is 0 Å². The van der Waals surface area contributed by atoms with Gasteiger partial charge in [0.05, 0.1) is 48.1 Å². The predicted octanol–water partition coefficient (Wildman–Crippen LogP) is 11.1. The smallest absolute Gasteiger partial charge is 0.308 e. The van der Waals surface area contributed by atoms with Crippen molar-refractivity contribution in [3.05, 3.63) is 36.9 Å². The van der Waals surface area contributed by atoms with Crippen LogP contribution in [0, 0.1) is 47.3 Å². The molecule has 14 atom stereocenters. The maximum absolute atomic E-state index is 12.6. The van der Waals surface area contributed by atoms with Crippen LogP contribution in [-0.4, -0.2) is 133 Å². The molecule has 14 nitrogen and oxygen atoms in total. The molecule has 14 heteroatoms. The topological polar surface area (TPSA) is 149 Å². The lowest BCUT2D eigenvalue weighted by Crippen LogP contribution is -2.39. The second kappa shape index (κ2) is 39.3. The zero-order chi connectivity index (χ0) is 54.1. The third-order valence-corrected chi connectivity index (χ3v) is 13.4. The van der Waals surface area contributed by atoms with Gasteiger partial charge in [-0.05, 0) is 63.7 Å². The molecular formula is C56H104N2O12. The lowest BCUT2D eigenvalue weighted by atomic mass is 9.84. The third-order valence-electron chi connectivity index (χ3n) is 13.4. The number of hydrogen-bond acceptors (Lipinski definition) is 12. The van der Waals surface area contributed by atoms with Gasteiger partial charge in [0.25, 0.3) is 0 Å². The Bertz CT molecular complexity index is 1460. The molecule has 0 heterocycles. The highest BCUT2D eigenvalue weighted by atomic mass is 16.6. The Kier molecular flexibility index (Phi) is 38.6. The molecule has 0 spiro atoms. The second-order valence-electron chi connectivity index (χ2n) is 20.2. The van der Waals surface area contributed by atoms with Crippen LogP contribution in [0.2, 0.25) is 0 Å². The number of rotatable bonds is 39. The van der Waals surface area contributed by atoms with E-state index in [1.807, 2.05) is 60.6 Å². The quantitative estimate of drug-likeness (QED) is 0.0328. The lowest BCUT2D eigenvalue weighted by molar-refractivity contribution is -0.160. The van der Waals surface area contributed by atoms with Gasteiger partial charge in [0.2, 0.25) is 12.8 Å². The summed E-state index contributed by atoms with van der Waals surface area (Å²) >= 11 is 0. The first-order chi connectivity index (χ1) is 33.0. The van der Waals surface area contributed by atoms with Crippen LogP contribution >= 0.6 is 0 Å². The van der Waals surface area contributed by atoms with Crippen molar-refractivity contribution in [2.24, 2.45) is 47.3 Å². The molecule has 0 aromatic rings. The Morgan fingerprint density at radius 1 is 0.557 bits per heavy atom. The Labute approximate surface area is 427 Å². The summed E-state index contributed by atoms with van der Waals surface area (Å²) in [6.45, 7) is 33.0. The number of amides is 2. The number of carbonyl (C=O) groups excluding carboxylic acids is 4. The number of methoxy groups -OCH3 is 4. The molecule has 0 bridgehead atoms. The number of allylic oxidation sites excluding steroid dienone is 1. The van der Waals surface area contributed by atoms with Crippen LogP contribution in [0.15, 0.2) is 36.9 Å². The molecule has 0 saturated heterocycles. The van der Waals surface area contributed by atoms with E-state index in [-0.39, 0.29) is 108 Å². The Balaban J connectivity index is 0. The summed E-state index contributed by atoms with van der Waals surface area (Å²) in [5, 5.41) is 0. The molecule has 0 aliphatic heterocycles. The van der Waals surface area contributed by atoms with Gasteiger partial charge in [-0.25, -0.2) is 0 Å². The van der Waals surface area contributed by atoms with Crippen LogP contribution in [0.25, 0.3) is 0 Å². The molecule has 0 N–H and O–H groups in total. The van der Waals surface area contributed by atoms with Crippen LogP contribution in [0.4, 0.5) is 0 Å². The van der Waals surface area contributed by atoms with Crippen molar-refractivity contribution in [1.29, 1.82) is 0 Å². The zero-order valence-corrected chi connectivity index (χ0v) is 47.8. The summed E-state index contributed by atoms with van der Waals surface area (Å²) in [6, 6.07) is 0. The molecule has 0 aliphatic carbocycles. The molecule has 0 fully saturated rings. The van der Waals surface area contributed by atoms with E-state index in [1.165, 1.54) is 9.80 Å². The number of nitrogens with zero attached hydrogens (tertiary/aromatic N) is 2. The van der Waals surface area contributed by atoms with Crippen molar-refractivity contribution < 1.29 is 57.1 Å². The van der Waals surface area contributed by atoms with Crippen LogP contribution < -0.4 is 0 Å². The molecule has 0 aliphatic rings. The molecule has 70 heavy (non-hydrogen) atoms. The van der Waals surface area contributed by atoms with Crippen LogP contribution in [0.3, 0.4) is 0 Å². The highest BCUT2D eigenvalue weighted by Crippen LogP contribution is 2.31. The van der Waals surface area contributed by atoms with E-state index in [0.717, 1.165) is 76.6 Å². The first kappa shape index (κ1) is 68.8. The standard InChI is InChI=1S/C29H53NO6.C27H51NO6/c1-12-23(7)35-25(13-2)18-27(33-10)21(5)14-15-26(36-29(32)20(3)4)24(8)28(34-11)22(6)16-17-30(9)19-31;1-11-16-33-22(6)17-25(31-9)20(4)12-13-24(34-27(30)19(2)3)23(7)26(32-10)21(5)14-15-28(8)18-29/h16-17,19-22,24-28H,7,12-15,18H2,1-6,8-11H3;14-15,18-26H,11-13,16-17H2,1-10H3/b17-16+;15-14+/t21-,22+,24-,25+,26+,27-,28+;20-,21+,22+,23-,24+,25-,26+/m00/s1. The van der Waals surface area contributed by atoms with Gasteiger partial charge in [-0.1, -0.05) is 109 Å². The summed E-state index contributed by atoms with van der Waals surface area (Å²) in [4.78, 5) is 49.8. The summed E-state index contributed by atoms with van der Waals surface area (Å²) < 4.78 is 47.2. The average molecular weight is 997 g/mol. The van der Waals surface area contributed by atoms with Crippen LogP contribution in [-0.2, 0) is 57.1 Å². The number of hydrogen-bond donors (Lipinski definition) is 0. The van der Waals surface area contributed by atoms with Gasteiger partial charge in [0.1, 0.15) is 18.3 Å². The fourth-order valence-corrected chi connectivity index (χ4v) is 8.44. The maximum Gasteiger partial charge on any atom is 0.308 e. The molecular weight excluding hydrogens is 893 g/mol. The van der Waals surface area contributed by atoms with E-state index in [2.05, 4.69) is 55.0 Å². The van der Waals surface area contributed by atoms with Crippen molar-refractivity contribution in [2.45, 2.75) is 204 Å². The van der Waals surface area contributed by atoms with Crippen LogP contribution in [0.1, 0.15) is 155 Å². The third kappa shape index (κ3) is 28.1. The van der Waals surface area contributed by atoms with E-state index < -0.39 is 0 Å². The van der Waals surface area contributed by atoms with Gasteiger partial charge in [-0.15, -0.1) is 0 Å². The average Bonchev–Trinajstić information content (AvgIpc) is 3.34. The van der Waals surface area contributed by atoms with Gasteiger partial charge in [-0.2, -0.15) is 0 Å². The zero-order valence-electron chi connectivity index (χ0n) is 47.8. The summed E-state index contributed by atoms with van der Waals surface area (Å²) in [5.41, 5.74) is 0. The first-order valence-corrected chi connectivity index (χ1v) is 26.2. The molecule has 410 valence electrons. The highest BCUT2D eigenvalue weighted by molar-refractivity contribution is 5.72. The van der Waals surface area contributed by atoms with Crippen molar-refractivity contribution in [3.8, 4) is 0 Å². The molecule has 2 amide bonds. The Morgan fingerprint density at radius 3 is 1.27 bits per heavy atom. The van der Waals surface area contributed by atoms with Crippen LogP contribution in [0.5, 0.6) is 0 Å². The Morgan fingerprint density at radius 2 is 0.957 bits per heavy atom. The van der Waals surface area contributed by atoms with Gasteiger partial charge in [0, 0.05) is 98.1 Å². The van der Waals surface area contributed by atoms with Gasteiger partial charge in [-0.3, -0.25) is 19.2 Å². The number of esters is 2. The van der Waals surface area contributed by atoms with Gasteiger partial charge < -0.3 is 47.7 Å². The monoisotopic (exact) mass is 997 g/mol. The summed E-state index contributed by atoms with van der Waals surface area (Å²) in [7, 11) is 10.2. The van der Waals surface area contributed by atoms with Crippen molar-refractivity contribution in [2.75, 3.05) is 49.1 Å².